The predicted molar refractivity (Wildman–Crippen MR) is 286 cm³/mol. The van der Waals surface area contributed by atoms with Crippen molar-refractivity contribution in [1.82, 2.24) is 41.7 Å². The van der Waals surface area contributed by atoms with E-state index in [1.165, 1.54) is 0 Å². The second kappa shape index (κ2) is 22.3. The maximum Gasteiger partial charge on any atom is 0.246 e. The van der Waals surface area contributed by atoms with E-state index in [9.17, 15) is 28.8 Å². The van der Waals surface area contributed by atoms with Gasteiger partial charge in [0.05, 0.1) is 60.3 Å². The van der Waals surface area contributed by atoms with E-state index in [0.29, 0.717) is 63.2 Å². The third-order valence-corrected chi connectivity index (χ3v) is 18.8. The first-order valence-electron chi connectivity index (χ1n) is 26.3. The van der Waals surface area contributed by atoms with E-state index >= 15 is 0 Å². The average Bonchev–Trinajstić information content (AvgIpc) is 4.03. The monoisotopic (exact) mass is 1050 g/mol. The van der Waals surface area contributed by atoms with Crippen molar-refractivity contribution in [2.75, 3.05) is 25.6 Å². The lowest BCUT2D eigenvalue weighted by molar-refractivity contribution is -0.144. The van der Waals surface area contributed by atoms with Gasteiger partial charge in [-0.1, -0.05) is 100 Å². The van der Waals surface area contributed by atoms with E-state index in [0.717, 1.165) is 33.4 Å². The molecule has 6 amide bonds. The summed E-state index contributed by atoms with van der Waals surface area (Å²) >= 11 is 3.35. The van der Waals surface area contributed by atoms with Crippen molar-refractivity contribution in [3.63, 3.8) is 0 Å². The fourth-order valence-corrected chi connectivity index (χ4v) is 15.1. The third kappa shape index (κ3) is 11.0. The van der Waals surface area contributed by atoms with Crippen LogP contribution < -0.4 is 31.9 Å². The molecule has 3 aromatic rings. The van der Waals surface area contributed by atoms with Crippen LogP contribution in [0.2, 0.25) is 0 Å². The number of rotatable bonds is 16. The number of likely N-dealkylation sites (N-methyl/N-ethyl adjacent to an activating group) is 2. The first kappa shape index (κ1) is 53.8. The topological polar surface area (TPSA) is 200 Å². The van der Waals surface area contributed by atoms with Gasteiger partial charge in [0.2, 0.25) is 35.4 Å². The Morgan fingerprint density at radius 1 is 0.595 bits per heavy atom. The van der Waals surface area contributed by atoms with Crippen LogP contribution in [0.25, 0.3) is 0 Å². The highest BCUT2D eigenvalue weighted by Gasteiger charge is 2.57. The van der Waals surface area contributed by atoms with Gasteiger partial charge in [0.15, 0.2) is 0 Å². The molecular weight excluding hydrogens is 977 g/mol. The SMILES string of the molecule is CN[C@@H](C)C(=O)N[C@H]1CCS[C@H]2CC(C)(C)[C@@H](C(=O)N[C@H]3c4ccccc4C[C@H]3OCc3ccc(CO[C@@H]4Cc5ccccc5[C@@H]4NC(=O)[C@H]4N5C(=O)[C@@H](NC(=O)[C@H](C)NC)CCS[C@H]5CC4(C)C)cc3)N2C1=O. The number of amides is 6. The van der Waals surface area contributed by atoms with Gasteiger partial charge in [-0.15, -0.1) is 23.5 Å². The minimum absolute atomic E-state index is 0.177. The van der Waals surface area contributed by atoms with Crippen molar-refractivity contribution in [2.24, 2.45) is 10.8 Å². The molecule has 0 aromatic heterocycles. The average molecular weight is 1050 g/mol. The summed E-state index contributed by atoms with van der Waals surface area (Å²) in [6.45, 7) is 12.3. The van der Waals surface area contributed by atoms with Crippen LogP contribution in [0.15, 0.2) is 72.8 Å². The van der Waals surface area contributed by atoms with Crippen LogP contribution in [0.3, 0.4) is 0 Å². The molecular formula is C56H74N8O8S2. The van der Waals surface area contributed by atoms with Crippen LogP contribution in [0.5, 0.6) is 0 Å². The highest BCUT2D eigenvalue weighted by atomic mass is 32.2. The molecule has 18 heteroatoms. The summed E-state index contributed by atoms with van der Waals surface area (Å²) in [4.78, 5) is 87.2. The van der Waals surface area contributed by atoms with Crippen molar-refractivity contribution in [3.05, 3.63) is 106 Å². The zero-order chi connectivity index (χ0) is 52.6. The number of carbonyl (C=O) groups is 6. The molecule has 0 spiro atoms. The van der Waals surface area contributed by atoms with E-state index in [4.69, 9.17) is 9.47 Å². The molecule has 6 aliphatic rings. The number of carbonyl (C=O) groups excluding carboxylic acids is 6. The molecule has 0 radical (unpaired) electrons. The molecule has 74 heavy (non-hydrogen) atoms. The van der Waals surface area contributed by atoms with Gasteiger partial charge < -0.3 is 51.2 Å². The molecule has 398 valence electrons. The number of thioether (sulfide) groups is 2. The van der Waals surface area contributed by atoms with Crippen LogP contribution in [-0.4, -0.2) is 130 Å². The molecule has 3 aromatic carbocycles. The Hall–Kier alpha value is -4.98. The smallest absolute Gasteiger partial charge is 0.246 e. The second-order valence-electron chi connectivity index (χ2n) is 22.3. The lowest BCUT2D eigenvalue weighted by Gasteiger charge is -2.35. The number of hydrogen-bond donors (Lipinski definition) is 6. The van der Waals surface area contributed by atoms with Gasteiger partial charge in [0, 0.05) is 12.8 Å². The molecule has 4 aliphatic heterocycles. The molecule has 2 aliphatic carbocycles. The van der Waals surface area contributed by atoms with E-state index in [1.54, 1.807) is 61.3 Å². The lowest BCUT2D eigenvalue weighted by Crippen LogP contribution is -2.58. The molecule has 16 nitrogen and oxygen atoms in total. The summed E-state index contributed by atoms with van der Waals surface area (Å²) in [6.07, 6.45) is 2.82. The molecule has 0 bridgehead atoms. The van der Waals surface area contributed by atoms with E-state index in [2.05, 4.69) is 44.0 Å². The van der Waals surface area contributed by atoms with Crippen molar-refractivity contribution in [1.29, 1.82) is 0 Å². The van der Waals surface area contributed by atoms with E-state index in [1.807, 2.05) is 88.4 Å². The molecule has 6 N–H and O–H groups in total. The molecule has 4 fully saturated rings. The maximum absolute atomic E-state index is 14.7. The van der Waals surface area contributed by atoms with Crippen LogP contribution in [0.4, 0.5) is 0 Å². The summed E-state index contributed by atoms with van der Waals surface area (Å²) in [5.41, 5.74) is 5.08. The number of benzene rings is 3. The Morgan fingerprint density at radius 3 is 1.35 bits per heavy atom. The van der Waals surface area contributed by atoms with Crippen LogP contribution in [-0.2, 0) is 64.3 Å². The van der Waals surface area contributed by atoms with Gasteiger partial charge in [-0.05, 0) is 109 Å². The standard InChI is InChI=1S/C56H74N8O8S2/c1-31(57-7)49(65)59-39-21-23-73-43-27-55(3,4)47(63(43)53(39)69)51(67)61-45-37-15-11-9-13-35(37)25-41(45)71-29-33-17-19-34(20-18-33)30-72-42-26-36-14-10-12-16-38(36)46(42)62-52(68)48-56(5,6)28-44-64(48)54(70)40(22-24-74-44)60-50(66)32(2)58-8/h9-20,31-32,39-48,57-58H,21-30H2,1-8H3,(H,59,65)(H,60,66)(H,61,67)(H,62,68)/t31-,32-,39-,40-,41+,42+,43-,44-,45-,46-,47+,48+/m0/s1. The lowest BCUT2D eigenvalue weighted by atomic mass is 9.83. The van der Waals surface area contributed by atoms with Crippen molar-refractivity contribution < 1.29 is 38.2 Å². The second-order valence-corrected chi connectivity index (χ2v) is 24.9. The molecule has 12 atom stereocenters. The first-order valence-corrected chi connectivity index (χ1v) is 28.4. The van der Waals surface area contributed by atoms with Gasteiger partial charge in [-0.2, -0.15) is 0 Å². The Bertz CT molecular complexity index is 2420. The number of nitrogens with one attached hydrogen (secondary N) is 6. The highest BCUT2D eigenvalue weighted by Crippen LogP contribution is 2.49. The van der Waals surface area contributed by atoms with Crippen molar-refractivity contribution in [2.45, 2.75) is 165 Å². The Kier molecular flexibility index (Phi) is 16.2. The Morgan fingerprint density at radius 2 is 0.973 bits per heavy atom. The molecule has 9 rings (SSSR count). The maximum atomic E-state index is 14.7. The van der Waals surface area contributed by atoms with E-state index in [-0.39, 0.29) is 58.4 Å². The third-order valence-electron chi connectivity index (χ3n) is 16.3. The van der Waals surface area contributed by atoms with Gasteiger partial charge in [0.1, 0.15) is 24.2 Å². The quantitative estimate of drug-likeness (QED) is 0.116. The summed E-state index contributed by atoms with van der Waals surface area (Å²) in [5, 5.41) is 18.1. The van der Waals surface area contributed by atoms with E-state index < -0.39 is 59.2 Å². The Balaban J connectivity index is 0.841. The van der Waals surface area contributed by atoms with Gasteiger partial charge >= 0.3 is 0 Å². The molecule has 0 unspecified atom stereocenters. The molecule has 4 heterocycles. The predicted octanol–water partition coefficient (Wildman–Crippen LogP) is 4.65. The fraction of sp³-hybridized carbons (Fsp3) is 0.571. The highest BCUT2D eigenvalue weighted by molar-refractivity contribution is 8.00. The van der Waals surface area contributed by atoms with Gasteiger partial charge in [0.25, 0.3) is 0 Å². The first-order chi connectivity index (χ1) is 35.4. The Labute approximate surface area is 444 Å². The molecule has 4 saturated heterocycles. The normalized spacial score (nSPS) is 29.5. The minimum Gasteiger partial charge on any atom is -0.371 e. The zero-order valence-electron chi connectivity index (χ0n) is 43.9. The van der Waals surface area contributed by atoms with Crippen molar-refractivity contribution in [3.8, 4) is 0 Å². The van der Waals surface area contributed by atoms with Crippen LogP contribution in [0.1, 0.15) is 113 Å². The van der Waals surface area contributed by atoms with Crippen LogP contribution >= 0.6 is 23.5 Å². The number of ether oxygens (including phenoxy) is 2. The zero-order valence-corrected chi connectivity index (χ0v) is 45.5. The van der Waals surface area contributed by atoms with Gasteiger partial charge in [-0.3, -0.25) is 28.8 Å². The van der Waals surface area contributed by atoms with Crippen molar-refractivity contribution >= 4 is 59.0 Å². The summed E-state index contributed by atoms with van der Waals surface area (Å²) in [7, 11) is 3.41. The van der Waals surface area contributed by atoms with Crippen LogP contribution in [0, 0.1) is 10.8 Å². The van der Waals surface area contributed by atoms with Gasteiger partial charge in [-0.25, -0.2) is 0 Å². The summed E-state index contributed by atoms with van der Waals surface area (Å²) in [6, 6.07) is 19.5. The minimum atomic E-state index is -0.738. The largest absolute Gasteiger partial charge is 0.371 e. The summed E-state index contributed by atoms with van der Waals surface area (Å²) < 4.78 is 13.4. The number of nitrogens with zero attached hydrogens (tertiary/aromatic N) is 2. The molecule has 0 saturated carbocycles. The number of hydrogen-bond acceptors (Lipinski definition) is 12. The fourth-order valence-electron chi connectivity index (χ4n) is 11.9. The summed E-state index contributed by atoms with van der Waals surface area (Å²) in [5.74, 6) is -0.0156. The number of fused-ring (bicyclic) bond motifs is 4.